The van der Waals surface area contributed by atoms with E-state index in [2.05, 4.69) is 33.7 Å². The fourth-order valence-electron chi connectivity index (χ4n) is 8.16. The third kappa shape index (κ3) is 3.20. The number of carbonyl (C=O) groups excluding carboxylic acids is 1. The molecule has 7 heteroatoms. The zero-order valence-electron chi connectivity index (χ0n) is 20.7. The third-order valence-electron chi connectivity index (χ3n) is 9.70. The van der Waals surface area contributed by atoms with Crippen LogP contribution in [0.5, 0.6) is 11.5 Å². The topological polar surface area (TPSA) is 73.8 Å². The molecule has 3 N–H and O–H groups in total. The van der Waals surface area contributed by atoms with Crippen molar-refractivity contribution in [2.24, 2.45) is 5.92 Å². The molecule has 2 aromatic carbocycles. The molecule has 0 unspecified atom stereocenters. The van der Waals surface area contributed by atoms with E-state index in [1.165, 1.54) is 24.0 Å². The van der Waals surface area contributed by atoms with Crippen LogP contribution in [0, 0.1) is 5.92 Å². The van der Waals surface area contributed by atoms with Gasteiger partial charge in [-0.2, -0.15) is 0 Å². The maximum Gasteiger partial charge on any atom is 0.217 e. The zero-order valence-corrected chi connectivity index (χ0v) is 21.5. The third-order valence-corrected chi connectivity index (χ3v) is 9.95. The summed E-state index contributed by atoms with van der Waals surface area (Å²) in [5.74, 6) is 1.67. The Bertz CT molecular complexity index is 1210. The van der Waals surface area contributed by atoms with E-state index < -0.39 is 5.54 Å². The molecule has 1 spiro atoms. The first-order chi connectivity index (χ1) is 17.4. The number of hydrogen-bond acceptors (Lipinski definition) is 5. The summed E-state index contributed by atoms with van der Waals surface area (Å²) in [4.78, 5) is 15.5. The SMILES string of the molecule is CC(=O)N[C@@]12CC[C@H](NCc3ccc(Cl)cc3)[C@@H]3Oc4c(O)ccc5c4[C@@]31CCN(CC1CC1)[C@@H]2C5. The highest BCUT2D eigenvalue weighted by molar-refractivity contribution is 6.30. The second-order valence-electron chi connectivity index (χ2n) is 11.7. The van der Waals surface area contributed by atoms with E-state index in [1.54, 1.807) is 13.0 Å². The number of carbonyl (C=O) groups is 1. The summed E-state index contributed by atoms with van der Waals surface area (Å²) in [5.41, 5.74) is 2.84. The van der Waals surface area contributed by atoms with Crippen LogP contribution in [-0.4, -0.2) is 52.7 Å². The van der Waals surface area contributed by atoms with Crippen LogP contribution < -0.4 is 15.4 Å². The molecule has 3 aliphatic carbocycles. The molecular weight excluding hydrogens is 474 g/mol. The molecule has 1 amide bonds. The summed E-state index contributed by atoms with van der Waals surface area (Å²) in [6.07, 6.45) is 6.08. The molecule has 2 aliphatic heterocycles. The van der Waals surface area contributed by atoms with E-state index in [9.17, 15) is 9.90 Å². The van der Waals surface area contributed by atoms with Crippen molar-refractivity contribution in [2.75, 3.05) is 13.1 Å². The van der Waals surface area contributed by atoms with E-state index >= 15 is 0 Å². The van der Waals surface area contributed by atoms with Crippen molar-refractivity contribution in [2.45, 2.75) is 81.1 Å². The van der Waals surface area contributed by atoms with Gasteiger partial charge in [-0.05, 0) is 80.3 Å². The van der Waals surface area contributed by atoms with Crippen molar-refractivity contribution >= 4 is 17.5 Å². The van der Waals surface area contributed by atoms with Crippen molar-refractivity contribution in [3.8, 4) is 11.5 Å². The average molecular weight is 508 g/mol. The Hall–Kier alpha value is -2.28. The molecule has 5 aliphatic rings. The van der Waals surface area contributed by atoms with Gasteiger partial charge in [0.2, 0.25) is 5.91 Å². The van der Waals surface area contributed by atoms with Gasteiger partial charge in [-0.1, -0.05) is 29.8 Å². The number of ether oxygens (including phenoxy) is 1. The highest BCUT2D eigenvalue weighted by Crippen LogP contribution is 2.65. The standard InChI is InChI=1S/C29H34ClN3O3/c1-17(34)32-29-11-10-22(31-15-18-4-7-21(30)8-5-18)27-28(29)12-13-33(16-19-2-3-19)24(29)14-20-6-9-23(35)26(36-27)25(20)28/h4-9,19,22,24,27,31,35H,2-3,10-16H2,1H3,(H,32,34)/t22-,24+,27-,28-,29+/m0/s1. The van der Waals surface area contributed by atoms with Crippen molar-refractivity contribution in [1.82, 2.24) is 15.5 Å². The lowest BCUT2D eigenvalue weighted by Crippen LogP contribution is -2.82. The lowest BCUT2D eigenvalue weighted by molar-refractivity contribution is -0.135. The number of aromatic hydroxyl groups is 1. The summed E-state index contributed by atoms with van der Waals surface area (Å²) in [5, 5.41) is 19.0. The van der Waals surface area contributed by atoms with Crippen molar-refractivity contribution < 1.29 is 14.6 Å². The number of likely N-dealkylation sites (tertiary alicyclic amines) is 1. The monoisotopic (exact) mass is 507 g/mol. The summed E-state index contributed by atoms with van der Waals surface area (Å²) in [7, 11) is 0. The van der Waals surface area contributed by atoms with Crippen LogP contribution in [-0.2, 0) is 23.2 Å². The second-order valence-corrected chi connectivity index (χ2v) is 12.1. The highest BCUT2D eigenvalue weighted by Gasteiger charge is 2.73. The fraction of sp³-hybridized carbons (Fsp3) is 0.552. The van der Waals surface area contributed by atoms with E-state index in [-0.39, 0.29) is 35.3 Å². The van der Waals surface area contributed by atoms with E-state index in [4.69, 9.17) is 16.3 Å². The summed E-state index contributed by atoms with van der Waals surface area (Å²) < 4.78 is 6.76. The number of piperidine rings is 1. The smallest absolute Gasteiger partial charge is 0.217 e. The van der Waals surface area contributed by atoms with Crippen LogP contribution in [0.2, 0.25) is 5.02 Å². The molecule has 3 fully saturated rings. The molecule has 1 saturated heterocycles. The van der Waals surface area contributed by atoms with Crippen LogP contribution in [0.1, 0.15) is 55.7 Å². The number of hydrogen-bond donors (Lipinski definition) is 3. The van der Waals surface area contributed by atoms with Crippen LogP contribution in [0.4, 0.5) is 0 Å². The number of nitrogens with zero attached hydrogens (tertiary/aromatic N) is 1. The predicted molar refractivity (Wildman–Crippen MR) is 138 cm³/mol. The molecule has 5 atom stereocenters. The molecule has 2 saturated carbocycles. The molecular formula is C29H34ClN3O3. The zero-order chi connectivity index (χ0) is 24.7. The Morgan fingerprint density at radius 2 is 1.97 bits per heavy atom. The van der Waals surface area contributed by atoms with Gasteiger partial charge in [-0.3, -0.25) is 9.69 Å². The van der Waals surface area contributed by atoms with Gasteiger partial charge in [-0.15, -0.1) is 0 Å². The summed E-state index contributed by atoms with van der Waals surface area (Å²) >= 11 is 6.10. The first kappa shape index (κ1) is 22.9. The number of halogens is 1. The minimum absolute atomic E-state index is 0.0241. The Balaban J connectivity index is 1.32. The Labute approximate surface area is 217 Å². The van der Waals surface area contributed by atoms with Crippen molar-refractivity contribution in [3.63, 3.8) is 0 Å². The highest BCUT2D eigenvalue weighted by atomic mass is 35.5. The van der Waals surface area contributed by atoms with Crippen LogP contribution in [0.3, 0.4) is 0 Å². The van der Waals surface area contributed by atoms with Crippen LogP contribution in [0.25, 0.3) is 0 Å². The number of phenolic OH excluding ortho intramolecular Hbond substituents is 1. The molecule has 36 heavy (non-hydrogen) atoms. The molecule has 6 nitrogen and oxygen atoms in total. The normalized spacial score (nSPS) is 34.1. The number of rotatable bonds is 6. The minimum atomic E-state index is -0.402. The van der Waals surface area contributed by atoms with E-state index in [1.807, 2.05) is 12.1 Å². The van der Waals surface area contributed by atoms with Gasteiger partial charge in [0.05, 0.1) is 11.0 Å². The van der Waals surface area contributed by atoms with Crippen molar-refractivity contribution in [1.29, 1.82) is 0 Å². The molecule has 2 aromatic rings. The minimum Gasteiger partial charge on any atom is -0.504 e. The van der Waals surface area contributed by atoms with Gasteiger partial charge in [0.15, 0.2) is 11.5 Å². The molecule has 0 radical (unpaired) electrons. The number of benzene rings is 2. The first-order valence-corrected chi connectivity index (χ1v) is 13.8. The van der Waals surface area contributed by atoms with Crippen molar-refractivity contribution in [3.05, 3.63) is 58.1 Å². The van der Waals surface area contributed by atoms with E-state index in [0.29, 0.717) is 5.75 Å². The molecule has 0 aromatic heterocycles. The summed E-state index contributed by atoms with van der Waals surface area (Å²) in [6.45, 7) is 4.49. The molecule has 7 rings (SSSR count). The van der Waals surface area contributed by atoms with Gasteiger partial charge in [0.1, 0.15) is 6.10 Å². The first-order valence-electron chi connectivity index (χ1n) is 13.4. The largest absolute Gasteiger partial charge is 0.504 e. The lowest BCUT2D eigenvalue weighted by atomic mass is 9.46. The molecule has 2 heterocycles. The van der Waals surface area contributed by atoms with Gasteiger partial charge >= 0.3 is 0 Å². The molecule has 2 bridgehead atoms. The predicted octanol–water partition coefficient (Wildman–Crippen LogP) is 3.91. The number of phenols is 1. The number of nitrogens with one attached hydrogen (secondary N) is 2. The Kier molecular flexibility index (Phi) is 5.15. The Morgan fingerprint density at radius 1 is 1.17 bits per heavy atom. The average Bonchev–Trinajstić information content (AvgIpc) is 3.59. The fourth-order valence-corrected chi connectivity index (χ4v) is 8.28. The maximum atomic E-state index is 12.8. The van der Waals surface area contributed by atoms with Crippen LogP contribution >= 0.6 is 11.6 Å². The number of amides is 1. The second kappa shape index (κ2) is 8.11. The molecule has 190 valence electrons. The van der Waals surface area contributed by atoms with Gasteiger partial charge in [0, 0.05) is 42.7 Å². The van der Waals surface area contributed by atoms with E-state index in [0.717, 1.165) is 61.8 Å². The van der Waals surface area contributed by atoms with Gasteiger partial charge < -0.3 is 20.5 Å². The lowest BCUT2D eigenvalue weighted by Gasteiger charge is -2.66. The van der Waals surface area contributed by atoms with Gasteiger partial charge in [-0.25, -0.2) is 0 Å². The summed E-state index contributed by atoms with van der Waals surface area (Å²) in [6, 6.07) is 12.2. The van der Waals surface area contributed by atoms with Crippen LogP contribution in [0.15, 0.2) is 36.4 Å². The Morgan fingerprint density at radius 3 is 2.72 bits per heavy atom. The van der Waals surface area contributed by atoms with Gasteiger partial charge in [0.25, 0.3) is 0 Å². The quantitative estimate of drug-likeness (QED) is 0.553. The maximum absolute atomic E-state index is 12.8.